The molecule has 0 spiro atoms. The van der Waals surface area contributed by atoms with Gasteiger partial charge in [-0.05, 0) is 18.5 Å². The molecule has 0 saturated carbocycles. The largest absolute Gasteiger partial charge is 0.383 e. The number of nitro groups is 1. The van der Waals surface area contributed by atoms with E-state index in [1.165, 1.54) is 12.1 Å². The van der Waals surface area contributed by atoms with E-state index in [1.54, 1.807) is 13.2 Å². The van der Waals surface area contributed by atoms with Gasteiger partial charge in [0.1, 0.15) is 0 Å². The van der Waals surface area contributed by atoms with Crippen LogP contribution in [0.1, 0.15) is 5.56 Å². The lowest BCUT2D eigenvalue weighted by Gasteiger charge is -2.05. The topological polar surface area (TPSA) is 64.4 Å². The van der Waals surface area contributed by atoms with Gasteiger partial charge in [0.15, 0.2) is 0 Å². The molecule has 6 heteroatoms. The molecule has 1 rings (SSSR count). The Morgan fingerprint density at radius 3 is 2.82 bits per heavy atom. The average molecular weight is 259 g/mol. The summed E-state index contributed by atoms with van der Waals surface area (Å²) >= 11 is 5.96. The summed E-state index contributed by atoms with van der Waals surface area (Å²) < 4.78 is 4.90. The zero-order valence-electron chi connectivity index (χ0n) is 9.61. The SMILES string of the molecule is COCCNCCc1ccc([N+](=O)[O-])cc1Cl. The molecule has 1 N–H and O–H groups in total. The molecule has 0 amide bonds. The molecule has 0 atom stereocenters. The highest BCUT2D eigenvalue weighted by molar-refractivity contribution is 6.31. The predicted octanol–water partition coefficient (Wildman–Crippen LogP) is 2.03. The van der Waals surface area contributed by atoms with E-state index in [4.69, 9.17) is 16.3 Å². The van der Waals surface area contributed by atoms with Crippen LogP contribution in [0.3, 0.4) is 0 Å². The number of hydrogen-bond donors (Lipinski definition) is 1. The Bertz CT molecular complexity index is 385. The van der Waals surface area contributed by atoms with Crippen molar-refractivity contribution < 1.29 is 9.66 Å². The van der Waals surface area contributed by atoms with Crippen LogP contribution < -0.4 is 5.32 Å². The lowest BCUT2D eigenvalue weighted by molar-refractivity contribution is -0.384. The molecule has 1 aromatic carbocycles. The summed E-state index contributed by atoms with van der Waals surface area (Å²) in [4.78, 5) is 10.1. The number of nitrogens with zero attached hydrogens (tertiary/aromatic N) is 1. The fourth-order valence-corrected chi connectivity index (χ4v) is 1.64. The van der Waals surface area contributed by atoms with Crippen LogP contribution in [0.5, 0.6) is 0 Å². The van der Waals surface area contributed by atoms with Gasteiger partial charge < -0.3 is 10.1 Å². The molecular formula is C11H15ClN2O3. The third kappa shape index (κ3) is 4.68. The van der Waals surface area contributed by atoms with Gasteiger partial charge >= 0.3 is 0 Å². The Hall–Kier alpha value is -1.17. The minimum Gasteiger partial charge on any atom is -0.383 e. The molecule has 0 aliphatic heterocycles. The Kier molecular flexibility index (Phi) is 5.90. The number of rotatable bonds is 7. The molecule has 1 aromatic rings. The maximum absolute atomic E-state index is 10.5. The van der Waals surface area contributed by atoms with E-state index < -0.39 is 4.92 Å². The molecular weight excluding hydrogens is 244 g/mol. The van der Waals surface area contributed by atoms with Crippen molar-refractivity contribution in [1.82, 2.24) is 5.32 Å². The number of benzene rings is 1. The Balaban J connectivity index is 2.46. The summed E-state index contributed by atoms with van der Waals surface area (Å²) in [6.07, 6.45) is 0.737. The molecule has 17 heavy (non-hydrogen) atoms. The molecule has 0 saturated heterocycles. The van der Waals surface area contributed by atoms with Gasteiger partial charge in [-0.2, -0.15) is 0 Å². The number of halogens is 1. The van der Waals surface area contributed by atoms with E-state index in [1.807, 2.05) is 0 Å². The molecule has 0 aliphatic rings. The van der Waals surface area contributed by atoms with E-state index in [9.17, 15) is 10.1 Å². The van der Waals surface area contributed by atoms with Gasteiger partial charge in [0.25, 0.3) is 5.69 Å². The van der Waals surface area contributed by atoms with E-state index in [0.717, 1.165) is 25.1 Å². The lowest BCUT2D eigenvalue weighted by Crippen LogP contribution is -2.21. The number of methoxy groups -OCH3 is 1. The highest BCUT2D eigenvalue weighted by Gasteiger charge is 2.08. The minimum atomic E-state index is -0.452. The first-order valence-electron chi connectivity index (χ1n) is 5.27. The summed E-state index contributed by atoms with van der Waals surface area (Å²) in [7, 11) is 1.65. The van der Waals surface area contributed by atoms with Crippen molar-refractivity contribution in [1.29, 1.82) is 0 Å². The van der Waals surface area contributed by atoms with E-state index >= 15 is 0 Å². The first-order chi connectivity index (χ1) is 8.15. The van der Waals surface area contributed by atoms with Crippen LogP contribution in [-0.4, -0.2) is 31.7 Å². The van der Waals surface area contributed by atoms with Crippen molar-refractivity contribution in [3.63, 3.8) is 0 Å². The molecule has 0 aromatic heterocycles. The quantitative estimate of drug-likeness (QED) is 0.462. The van der Waals surface area contributed by atoms with Crippen molar-refractivity contribution in [3.05, 3.63) is 38.9 Å². The van der Waals surface area contributed by atoms with Gasteiger partial charge in [-0.3, -0.25) is 10.1 Å². The average Bonchev–Trinajstić information content (AvgIpc) is 2.30. The summed E-state index contributed by atoms with van der Waals surface area (Å²) in [5, 5.41) is 14.1. The molecule has 5 nitrogen and oxygen atoms in total. The van der Waals surface area contributed by atoms with Crippen LogP contribution in [0.25, 0.3) is 0 Å². The number of ether oxygens (including phenoxy) is 1. The Labute approximate surface area is 105 Å². The predicted molar refractivity (Wildman–Crippen MR) is 66.6 cm³/mol. The second-order valence-corrected chi connectivity index (χ2v) is 3.93. The number of nitrogens with one attached hydrogen (secondary N) is 1. The Morgan fingerprint density at radius 1 is 1.47 bits per heavy atom. The molecule has 0 aliphatic carbocycles. The van der Waals surface area contributed by atoms with E-state index in [2.05, 4.69) is 5.32 Å². The minimum absolute atomic E-state index is 0.0195. The van der Waals surface area contributed by atoms with Gasteiger partial charge in [-0.15, -0.1) is 0 Å². The van der Waals surface area contributed by atoms with Crippen molar-refractivity contribution in [2.75, 3.05) is 26.8 Å². The molecule has 0 heterocycles. The lowest BCUT2D eigenvalue weighted by atomic mass is 10.1. The molecule has 0 fully saturated rings. The van der Waals surface area contributed by atoms with Crippen LogP contribution in [0, 0.1) is 10.1 Å². The van der Waals surface area contributed by atoms with Crippen LogP contribution in [-0.2, 0) is 11.2 Å². The van der Waals surface area contributed by atoms with Gasteiger partial charge in [0.2, 0.25) is 0 Å². The molecule has 94 valence electrons. The fourth-order valence-electron chi connectivity index (χ4n) is 1.37. The van der Waals surface area contributed by atoms with Crippen LogP contribution in [0.4, 0.5) is 5.69 Å². The zero-order chi connectivity index (χ0) is 12.7. The monoisotopic (exact) mass is 258 g/mol. The van der Waals surface area contributed by atoms with Crippen molar-refractivity contribution in [2.24, 2.45) is 0 Å². The van der Waals surface area contributed by atoms with Gasteiger partial charge in [-0.25, -0.2) is 0 Å². The van der Waals surface area contributed by atoms with Crippen molar-refractivity contribution in [3.8, 4) is 0 Å². The summed E-state index contributed by atoms with van der Waals surface area (Å²) in [5.74, 6) is 0. The smallest absolute Gasteiger partial charge is 0.270 e. The highest BCUT2D eigenvalue weighted by Crippen LogP contribution is 2.22. The zero-order valence-corrected chi connectivity index (χ0v) is 10.4. The van der Waals surface area contributed by atoms with Crippen molar-refractivity contribution >= 4 is 17.3 Å². The van der Waals surface area contributed by atoms with Crippen molar-refractivity contribution in [2.45, 2.75) is 6.42 Å². The standard InChI is InChI=1S/C11H15ClN2O3/c1-17-7-6-13-5-4-9-2-3-10(14(15)16)8-11(9)12/h2-3,8,13H,4-7H2,1H3. The second-order valence-electron chi connectivity index (χ2n) is 3.53. The maximum atomic E-state index is 10.5. The highest BCUT2D eigenvalue weighted by atomic mass is 35.5. The van der Waals surface area contributed by atoms with E-state index in [0.29, 0.717) is 11.6 Å². The third-order valence-corrected chi connectivity index (χ3v) is 2.65. The first kappa shape index (κ1) is 13.9. The van der Waals surface area contributed by atoms with Crippen LogP contribution in [0.15, 0.2) is 18.2 Å². The van der Waals surface area contributed by atoms with Gasteiger partial charge in [0.05, 0.1) is 16.6 Å². The normalized spacial score (nSPS) is 10.5. The third-order valence-electron chi connectivity index (χ3n) is 2.30. The van der Waals surface area contributed by atoms with Crippen LogP contribution >= 0.6 is 11.6 Å². The van der Waals surface area contributed by atoms with Gasteiger partial charge in [0, 0.05) is 25.8 Å². The number of non-ortho nitro benzene ring substituents is 1. The summed E-state index contributed by atoms with van der Waals surface area (Å²) in [6, 6.07) is 4.54. The van der Waals surface area contributed by atoms with Gasteiger partial charge in [-0.1, -0.05) is 17.7 Å². The maximum Gasteiger partial charge on any atom is 0.270 e. The second kappa shape index (κ2) is 7.21. The molecule has 0 bridgehead atoms. The summed E-state index contributed by atoms with van der Waals surface area (Å²) in [5.41, 5.74) is 0.924. The number of hydrogen-bond acceptors (Lipinski definition) is 4. The molecule has 0 unspecified atom stereocenters. The Morgan fingerprint density at radius 2 is 2.24 bits per heavy atom. The number of nitro benzene ring substituents is 1. The van der Waals surface area contributed by atoms with Crippen LogP contribution in [0.2, 0.25) is 5.02 Å². The fraction of sp³-hybridized carbons (Fsp3) is 0.455. The summed E-state index contributed by atoms with van der Waals surface area (Å²) in [6.45, 7) is 2.20. The molecule has 0 radical (unpaired) electrons. The first-order valence-corrected chi connectivity index (χ1v) is 5.65. The van der Waals surface area contributed by atoms with E-state index in [-0.39, 0.29) is 5.69 Å².